The highest BCUT2D eigenvalue weighted by atomic mass is 14.9. The molecule has 20 heavy (non-hydrogen) atoms. The molecule has 1 aromatic rings. The third-order valence-corrected chi connectivity index (χ3v) is 5.92. The van der Waals surface area contributed by atoms with Gasteiger partial charge in [-0.2, -0.15) is 0 Å². The Kier molecular flexibility index (Phi) is 2.72. The van der Waals surface area contributed by atoms with Gasteiger partial charge in [0.2, 0.25) is 0 Å². The Bertz CT molecular complexity index is 489. The Balaban J connectivity index is 1.68. The van der Waals surface area contributed by atoms with E-state index >= 15 is 0 Å². The van der Waals surface area contributed by atoms with Gasteiger partial charge in [0.05, 0.1) is 11.2 Å². The van der Waals surface area contributed by atoms with Crippen LogP contribution in [0.5, 0.6) is 0 Å². The van der Waals surface area contributed by atoms with E-state index in [-0.39, 0.29) is 5.54 Å². The summed E-state index contributed by atoms with van der Waals surface area (Å²) in [4.78, 5) is 9.02. The molecule has 108 valence electrons. The fourth-order valence-electron chi connectivity index (χ4n) is 5.32. The van der Waals surface area contributed by atoms with E-state index in [1.165, 1.54) is 37.8 Å². The smallest absolute Gasteiger partial charge is 0.116 e. The van der Waals surface area contributed by atoms with Crippen LogP contribution in [0.25, 0.3) is 0 Å². The molecule has 4 saturated carbocycles. The van der Waals surface area contributed by atoms with Gasteiger partial charge in [-0.05, 0) is 75.7 Å². The molecule has 3 heteroatoms. The molecule has 1 heterocycles. The maximum absolute atomic E-state index is 6.21. The number of nitrogens with two attached hydrogens (primary N) is 1. The van der Waals surface area contributed by atoms with Crippen molar-refractivity contribution in [3.05, 3.63) is 23.8 Å². The van der Waals surface area contributed by atoms with E-state index in [1.807, 2.05) is 13.8 Å². The number of rotatable bonds is 2. The van der Waals surface area contributed by atoms with Gasteiger partial charge < -0.3 is 5.73 Å². The minimum atomic E-state index is -0.371. The average Bonchev–Trinajstić information content (AvgIpc) is 2.37. The van der Waals surface area contributed by atoms with Crippen LogP contribution >= 0.6 is 0 Å². The lowest BCUT2D eigenvalue weighted by Crippen LogP contribution is -2.44. The van der Waals surface area contributed by atoms with E-state index in [2.05, 4.69) is 16.0 Å². The third kappa shape index (κ3) is 1.98. The molecule has 0 aliphatic heterocycles. The van der Waals surface area contributed by atoms with Gasteiger partial charge in [-0.1, -0.05) is 0 Å². The SMILES string of the molecule is CC(C)(N)c1cc(C2C3CC4CC(C3)CC2C4)ncn1. The first-order valence-electron chi connectivity index (χ1n) is 8.12. The quantitative estimate of drug-likeness (QED) is 0.898. The Morgan fingerprint density at radius 2 is 1.60 bits per heavy atom. The lowest BCUT2D eigenvalue weighted by atomic mass is 9.51. The molecule has 5 rings (SSSR count). The summed E-state index contributed by atoms with van der Waals surface area (Å²) in [6.07, 6.45) is 8.97. The van der Waals surface area contributed by atoms with Gasteiger partial charge in [0.25, 0.3) is 0 Å². The van der Waals surface area contributed by atoms with Crippen molar-refractivity contribution in [2.75, 3.05) is 0 Å². The molecule has 0 saturated heterocycles. The highest BCUT2D eigenvalue weighted by Gasteiger charge is 2.49. The topological polar surface area (TPSA) is 51.8 Å². The fourth-order valence-corrected chi connectivity index (χ4v) is 5.32. The van der Waals surface area contributed by atoms with Crippen molar-refractivity contribution in [1.29, 1.82) is 0 Å². The summed E-state index contributed by atoms with van der Waals surface area (Å²) in [5.74, 6) is 4.44. The predicted molar refractivity (Wildman–Crippen MR) is 79.0 cm³/mol. The molecule has 4 aliphatic carbocycles. The fraction of sp³-hybridized carbons (Fsp3) is 0.765. The molecule has 0 radical (unpaired) electrons. The van der Waals surface area contributed by atoms with Crippen LogP contribution in [-0.2, 0) is 5.54 Å². The predicted octanol–water partition coefficient (Wildman–Crippen LogP) is 3.21. The monoisotopic (exact) mass is 271 g/mol. The summed E-state index contributed by atoms with van der Waals surface area (Å²) in [7, 11) is 0. The van der Waals surface area contributed by atoms with Crippen molar-refractivity contribution < 1.29 is 0 Å². The summed E-state index contributed by atoms with van der Waals surface area (Å²) in [6, 6.07) is 2.19. The van der Waals surface area contributed by atoms with Crippen LogP contribution in [-0.4, -0.2) is 9.97 Å². The van der Waals surface area contributed by atoms with Gasteiger partial charge in [-0.3, -0.25) is 0 Å². The Labute approximate surface area is 121 Å². The Morgan fingerprint density at radius 3 is 2.15 bits per heavy atom. The summed E-state index contributed by atoms with van der Waals surface area (Å²) < 4.78 is 0. The first kappa shape index (κ1) is 12.8. The molecule has 0 spiro atoms. The summed E-state index contributed by atoms with van der Waals surface area (Å²) in [6.45, 7) is 4.05. The molecular formula is C17H25N3. The second-order valence-corrected chi connectivity index (χ2v) is 8.01. The first-order valence-corrected chi connectivity index (χ1v) is 8.12. The molecule has 0 aromatic carbocycles. The molecule has 4 bridgehead atoms. The minimum Gasteiger partial charge on any atom is -0.321 e. The molecule has 3 nitrogen and oxygen atoms in total. The van der Waals surface area contributed by atoms with Crippen LogP contribution in [0.1, 0.15) is 63.3 Å². The second kappa shape index (κ2) is 4.27. The van der Waals surface area contributed by atoms with Gasteiger partial charge in [0, 0.05) is 11.6 Å². The van der Waals surface area contributed by atoms with Gasteiger partial charge >= 0.3 is 0 Å². The van der Waals surface area contributed by atoms with Gasteiger partial charge in [-0.15, -0.1) is 0 Å². The highest BCUT2D eigenvalue weighted by Crippen LogP contribution is 2.59. The lowest BCUT2D eigenvalue weighted by Gasteiger charge is -2.54. The molecule has 2 N–H and O–H groups in total. The van der Waals surface area contributed by atoms with E-state index in [1.54, 1.807) is 6.33 Å². The van der Waals surface area contributed by atoms with E-state index < -0.39 is 0 Å². The van der Waals surface area contributed by atoms with Crippen LogP contribution in [0.3, 0.4) is 0 Å². The zero-order valence-electron chi connectivity index (χ0n) is 12.5. The Hall–Kier alpha value is -0.960. The van der Waals surface area contributed by atoms with Crippen molar-refractivity contribution in [2.45, 2.75) is 57.4 Å². The number of nitrogens with zero attached hydrogens (tertiary/aromatic N) is 2. The van der Waals surface area contributed by atoms with Crippen LogP contribution in [0.15, 0.2) is 12.4 Å². The van der Waals surface area contributed by atoms with Crippen molar-refractivity contribution in [2.24, 2.45) is 29.4 Å². The van der Waals surface area contributed by atoms with Crippen molar-refractivity contribution >= 4 is 0 Å². The van der Waals surface area contributed by atoms with E-state index in [4.69, 9.17) is 5.73 Å². The van der Waals surface area contributed by atoms with Crippen molar-refractivity contribution in [3.63, 3.8) is 0 Å². The maximum Gasteiger partial charge on any atom is 0.116 e. The third-order valence-electron chi connectivity index (χ3n) is 5.92. The highest BCUT2D eigenvalue weighted by molar-refractivity contribution is 5.22. The van der Waals surface area contributed by atoms with Crippen LogP contribution in [0.2, 0.25) is 0 Å². The van der Waals surface area contributed by atoms with Gasteiger partial charge in [0.15, 0.2) is 0 Å². The summed E-state index contributed by atoms with van der Waals surface area (Å²) >= 11 is 0. The molecule has 4 fully saturated rings. The molecular weight excluding hydrogens is 246 g/mol. The van der Waals surface area contributed by atoms with Gasteiger partial charge in [0.1, 0.15) is 6.33 Å². The van der Waals surface area contributed by atoms with E-state index in [0.717, 1.165) is 29.4 Å². The second-order valence-electron chi connectivity index (χ2n) is 8.01. The van der Waals surface area contributed by atoms with Crippen molar-refractivity contribution in [3.8, 4) is 0 Å². The van der Waals surface area contributed by atoms with Crippen molar-refractivity contribution in [1.82, 2.24) is 9.97 Å². The summed E-state index contributed by atoms with van der Waals surface area (Å²) in [5.41, 5.74) is 8.09. The largest absolute Gasteiger partial charge is 0.321 e. The standard InChI is InChI=1S/C17H25N3/c1-17(2,18)15-8-14(19-9-20-15)16-12-4-10-3-11(6-12)7-13(16)5-10/h8-13,16H,3-7,18H2,1-2H3. The average molecular weight is 271 g/mol. The zero-order chi connectivity index (χ0) is 13.9. The molecule has 0 atom stereocenters. The minimum absolute atomic E-state index is 0.371. The summed E-state index contributed by atoms with van der Waals surface area (Å²) in [5, 5.41) is 0. The number of aromatic nitrogens is 2. The molecule has 4 aliphatic rings. The Morgan fingerprint density at radius 1 is 1.00 bits per heavy atom. The lowest BCUT2D eigenvalue weighted by molar-refractivity contribution is -0.00425. The van der Waals surface area contributed by atoms with E-state index in [0.29, 0.717) is 5.92 Å². The maximum atomic E-state index is 6.21. The van der Waals surface area contributed by atoms with Crippen LogP contribution < -0.4 is 5.73 Å². The zero-order valence-corrected chi connectivity index (χ0v) is 12.5. The molecule has 0 unspecified atom stereocenters. The first-order chi connectivity index (χ1) is 9.50. The van der Waals surface area contributed by atoms with Crippen LogP contribution in [0.4, 0.5) is 0 Å². The molecule has 1 aromatic heterocycles. The van der Waals surface area contributed by atoms with Gasteiger partial charge in [-0.25, -0.2) is 9.97 Å². The number of hydrogen-bond donors (Lipinski definition) is 1. The number of hydrogen-bond acceptors (Lipinski definition) is 3. The normalized spacial score (nSPS) is 39.2. The van der Waals surface area contributed by atoms with Crippen LogP contribution in [0, 0.1) is 23.7 Å². The molecule has 0 amide bonds. The van der Waals surface area contributed by atoms with E-state index in [9.17, 15) is 0 Å².